The topological polar surface area (TPSA) is 86.2 Å². The number of quaternary nitrogens is 1. The molecule has 0 aliphatic heterocycles. The number of methoxy groups -OCH3 is 1. The largest absolute Gasteiger partial charge is 0.544 e. The maximum Gasteiger partial charge on any atom is 0.161 e. The highest BCUT2D eigenvalue weighted by atomic mass is 16.5. The third-order valence-electron chi connectivity index (χ3n) is 3.37. The molecule has 5 nitrogen and oxygen atoms in total. The van der Waals surface area contributed by atoms with Crippen LogP contribution in [0.15, 0.2) is 48.5 Å². The van der Waals surface area contributed by atoms with Gasteiger partial charge in [0.25, 0.3) is 0 Å². The van der Waals surface area contributed by atoms with Crippen LogP contribution < -0.4 is 20.3 Å². The summed E-state index contributed by atoms with van der Waals surface area (Å²) in [5.74, 6) is -0.159. The minimum absolute atomic E-state index is 0.487. The van der Waals surface area contributed by atoms with E-state index in [9.17, 15) is 9.90 Å². The number of hydrogen-bond acceptors (Lipinski definition) is 4. The molecule has 0 radical (unpaired) electrons. The first-order valence-electron chi connectivity index (χ1n) is 7.00. The van der Waals surface area contributed by atoms with E-state index < -0.39 is 12.0 Å². The van der Waals surface area contributed by atoms with Crippen molar-refractivity contribution in [1.29, 1.82) is 0 Å². The Labute approximate surface area is 129 Å². The van der Waals surface area contributed by atoms with Crippen LogP contribution in [0.2, 0.25) is 0 Å². The fourth-order valence-corrected chi connectivity index (χ4v) is 2.08. The Hall–Kier alpha value is -2.53. The minimum Gasteiger partial charge on any atom is -0.544 e. The first-order valence-corrected chi connectivity index (χ1v) is 7.00. The van der Waals surface area contributed by atoms with Gasteiger partial charge in [-0.15, -0.1) is 0 Å². The lowest BCUT2D eigenvalue weighted by molar-refractivity contribution is -0.443. The van der Waals surface area contributed by atoms with E-state index in [0.717, 1.165) is 6.42 Å². The Bertz CT molecular complexity index is 628. The number of carboxylic acid groups (broad SMARTS) is 1. The summed E-state index contributed by atoms with van der Waals surface area (Å²) in [6.45, 7) is 0.508. The molecular formula is C17H19NO4. The number of carbonyl (C=O) groups excluding carboxylic acids is 1. The fraction of sp³-hybridized carbons (Fsp3) is 0.235. The second-order valence-electron chi connectivity index (χ2n) is 4.87. The van der Waals surface area contributed by atoms with E-state index in [1.165, 1.54) is 12.7 Å². The molecule has 0 spiro atoms. The molecule has 2 rings (SSSR count). The first kappa shape index (κ1) is 15.9. The Morgan fingerprint density at radius 3 is 2.55 bits per heavy atom. The van der Waals surface area contributed by atoms with Crippen molar-refractivity contribution in [2.75, 3.05) is 13.7 Å². The van der Waals surface area contributed by atoms with Crippen LogP contribution in [-0.4, -0.2) is 19.7 Å². The van der Waals surface area contributed by atoms with Crippen molar-refractivity contribution in [2.45, 2.75) is 12.5 Å². The quantitative estimate of drug-likeness (QED) is 0.799. The summed E-state index contributed by atoms with van der Waals surface area (Å²) in [6, 6.07) is 14.1. The number of benzene rings is 2. The number of carboxylic acids is 1. The lowest BCUT2D eigenvalue weighted by Crippen LogP contribution is -2.61. The second-order valence-corrected chi connectivity index (χ2v) is 4.87. The zero-order valence-electron chi connectivity index (χ0n) is 12.5. The average Bonchev–Trinajstić information content (AvgIpc) is 2.55. The molecule has 2 aromatic carbocycles. The van der Waals surface area contributed by atoms with Crippen molar-refractivity contribution in [1.82, 2.24) is 0 Å². The van der Waals surface area contributed by atoms with Gasteiger partial charge in [-0.25, -0.2) is 0 Å². The van der Waals surface area contributed by atoms with Crippen molar-refractivity contribution in [3.8, 4) is 11.5 Å². The molecule has 0 aromatic heterocycles. The van der Waals surface area contributed by atoms with Crippen LogP contribution in [-0.2, 0) is 11.2 Å². The van der Waals surface area contributed by atoms with Gasteiger partial charge in [0.15, 0.2) is 17.5 Å². The smallest absolute Gasteiger partial charge is 0.161 e. The normalized spacial score (nSPS) is 11.7. The van der Waals surface area contributed by atoms with Crippen LogP contribution in [0.25, 0.3) is 0 Å². The standard InChI is InChI=1S/C17H19NO4/c1-21-15-11-13(16(18)17(19)20)7-8-14(15)22-10-9-12-5-3-2-4-6-12/h2-8,11,16H,9-10,18H2,1H3,(H,19,20)/t16-/m0/s1. The van der Waals surface area contributed by atoms with E-state index in [1.54, 1.807) is 18.2 Å². The van der Waals surface area contributed by atoms with Gasteiger partial charge in [0, 0.05) is 12.0 Å². The lowest BCUT2D eigenvalue weighted by atomic mass is 10.1. The Morgan fingerprint density at radius 1 is 1.18 bits per heavy atom. The number of hydrogen-bond donors (Lipinski definition) is 1. The highest BCUT2D eigenvalue weighted by Gasteiger charge is 2.14. The molecule has 22 heavy (non-hydrogen) atoms. The van der Waals surface area contributed by atoms with E-state index in [4.69, 9.17) is 9.47 Å². The summed E-state index contributed by atoms with van der Waals surface area (Å²) in [5, 5.41) is 10.9. The van der Waals surface area contributed by atoms with Crippen LogP contribution in [0.1, 0.15) is 17.2 Å². The number of aliphatic carboxylic acids is 1. The Kier molecular flexibility index (Phi) is 5.38. The van der Waals surface area contributed by atoms with Crippen molar-refractivity contribution in [2.24, 2.45) is 0 Å². The summed E-state index contributed by atoms with van der Waals surface area (Å²) in [6.07, 6.45) is 0.781. The molecule has 0 unspecified atom stereocenters. The van der Waals surface area contributed by atoms with E-state index in [0.29, 0.717) is 23.7 Å². The lowest BCUT2D eigenvalue weighted by Gasteiger charge is -2.14. The number of ether oxygens (including phenoxy) is 2. The van der Waals surface area contributed by atoms with Gasteiger partial charge < -0.3 is 25.1 Å². The van der Waals surface area contributed by atoms with E-state index in [2.05, 4.69) is 5.73 Å². The second kappa shape index (κ2) is 7.47. The molecule has 0 bridgehead atoms. The predicted molar refractivity (Wildman–Crippen MR) is 79.3 cm³/mol. The minimum atomic E-state index is -1.22. The molecule has 1 atom stereocenters. The first-order chi connectivity index (χ1) is 10.6. The van der Waals surface area contributed by atoms with Crippen molar-refractivity contribution in [3.05, 3.63) is 59.7 Å². The Balaban J connectivity index is 2.03. The highest BCUT2D eigenvalue weighted by molar-refractivity contribution is 5.72. The fourth-order valence-electron chi connectivity index (χ4n) is 2.08. The van der Waals surface area contributed by atoms with Crippen LogP contribution in [0.5, 0.6) is 11.5 Å². The third-order valence-corrected chi connectivity index (χ3v) is 3.37. The van der Waals surface area contributed by atoms with Gasteiger partial charge in [-0.2, -0.15) is 0 Å². The van der Waals surface area contributed by atoms with Crippen LogP contribution in [0, 0.1) is 0 Å². The molecule has 0 fully saturated rings. The summed E-state index contributed by atoms with van der Waals surface area (Å²) in [4.78, 5) is 10.9. The third kappa shape index (κ3) is 3.99. The molecule has 5 heteroatoms. The predicted octanol–water partition coefficient (Wildman–Crippen LogP) is 0.350. The van der Waals surface area contributed by atoms with Gasteiger partial charge in [0.2, 0.25) is 0 Å². The molecule has 0 saturated heterocycles. The van der Waals surface area contributed by atoms with Crippen molar-refractivity contribution >= 4 is 5.97 Å². The van der Waals surface area contributed by atoms with E-state index in [1.807, 2.05) is 30.3 Å². The van der Waals surface area contributed by atoms with Crippen LogP contribution in [0.3, 0.4) is 0 Å². The molecule has 0 amide bonds. The van der Waals surface area contributed by atoms with Crippen LogP contribution in [0.4, 0.5) is 0 Å². The molecule has 116 valence electrons. The zero-order chi connectivity index (χ0) is 15.9. The van der Waals surface area contributed by atoms with Crippen molar-refractivity contribution in [3.63, 3.8) is 0 Å². The van der Waals surface area contributed by atoms with Crippen LogP contribution >= 0.6 is 0 Å². The summed E-state index contributed by atoms with van der Waals surface area (Å²) in [5.41, 5.74) is 5.26. The SMILES string of the molecule is COc1cc([C@H]([NH3+])C(=O)[O-])ccc1OCCc1ccccc1. The molecule has 3 N–H and O–H groups in total. The maximum absolute atomic E-state index is 10.9. The molecule has 0 aliphatic rings. The number of carbonyl (C=O) groups is 1. The summed E-state index contributed by atoms with van der Waals surface area (Å²) in [7, 11) is 1.51. The average molecular weight is 301 g/mol. The molecule has 0 heterocycles. The molecule has 0 aliphatic carbocycles. The van der Waals surface area contributed by atoms with E-state index >= 15 is 0 Å². The van der Waals surface area contributed by atoms with E-state index in [-0.39, 0.29) is 0 Å². The van der Waals surface area contributed by atoms with Gasteiger partial charge in [-0.3, -0.25) is 0 Å². The molecule has 2 aromatic rings. The van der Waals surface area contributed by atoms with Gasteiger partial charge in [0.1, 0.15) is 5.97 Å². The monoisotopic (exact) mass is 301 g/mol. The summed E-state index contributed by atoms with van der Waals surface area (Å²) >= 11 is 0. The van der Waals surface area contributed by atoms with Gasteiger partial charge in [-0.1, -0.05) is 30.3 Å². The number of rotatable bonds is 7. The summed E-state index contributed by atoms with van der Waals surface area (Å²) < 4.78 is 11.0. The highest BCUT2D eigenvalue weighted by Crippen LogP contribution is 2.29. The van der Waals surface area contributed by atoms with Gasteiger partial charge in [0.05, 0.1) is 13.7 Å². The van der Waals surface area contributed by atoms with Crippen molar-refractivity contribution < 1.29 is 25.1 Å². The molecule has 0 saturated carbocycles. The maximum atomic E-state index is 10.9. The molecular weight excluding hydrogens is 282 g/mol. The zero-order valence-corrected chi connectivity index (χ0v) is 12.5. The Morgan fingerprint density at radius 2 is 1.91 bits per heavy atom. The van der Waals surface area contributed by atoms with Gasteiger partial charge >= 0.3 is 0 Å². The van der Waals surface area contributed by atoms with Gasteiger partial charge in [-0.05, 0) is 23.8 Å².